The maximum atomic E-state index is 11.8. The van der Waals surface area contributed by atoms with Gasteiger partial charge in [-0.15, -0.1) is 0 Å². The van der Waals surface area contributed by atoms with Crippen LogP contribution in [0, 0.1) is 5.92 Å². The van der Waals surface area contributed by atoms with Crippen LogP contribution in [0.1, 0.15) is 32.1 Å². The zero-order valence-electron chi connectivity index (χ0n) is 12.7. The van der Waals surface area contributed by atoms with Gasteiger partial charge in [-0.25, -0.2) is 0 Å². The number of likely N-dealkylation sites (tertiary alicyclic amines) is 1. The van der Waals surface area contributed by atoms with E-state index in [4.69, 9.17) is 11.6 Å². The quantitative estimate of drug-likeness (QED) is 0.785. The molecular weight excluding hydrogens is 288 g/mol. The zero-order valence-corrected chi connectivity index (χ0v) is 13.5. The number of piperidine rings is 1. The molecule has 1 fully saturated rings. The minimum Gasteiger partial charge on any atom is -0.356 e. The molecule has 0 bridgehead atoms. The van der Waals surface area contributed by atoms with Crippen molar-refractivity contribution < 1.29 is 4.79 Å². The number of aromatic nitrogens is 2. The maximum absolute atomic E-state index is 11.8. The van der Waals surface area contributed by atoms with Crippen molar-refractivity contribution in [1.29, 1.82) is 0 Å². The van der Waals surface area contributed by atoms with Gasteiger partial charge in [0.1, 0.15) is 0 Å². The fraction of sp³-hybridized carbons (Fsp3) is 0.733. The maximum Gasteiger partial charge on any atom is 0.220 e. The molecule has 1 N–H and O–H groups in total. The Kier molecular flexibility index (Phi) is 6.51. The van der Waals surface area contributed by atoms with E-state index in [0.717, 1.165) is 25.9 Å². The van der Waals surface area contributed by atoms with Crippen LogP contribution in [-0.4, -0.2) is 47.3 Å². The van der Waals surface area contributed by atoms with Crippen LogP contribution in [-0.2, 0) is 11.3 Å². The third-order valence-corrected chi connectivity index (χ3v) is 4.18. The number of nitrogens with one attached hydrogen (secondary N) is 1. The van der Waals surface area contributed by atoms with Gasteiger partial charge in [0, 0.05) is 32.3 Å². The van der Waals surface area contributed by atoms with E-state index >= 15 is 0 Å². The highest BCUT2D eigenvalue weighted by molar-refractivity contribution is 6.30. The molecule has 0 aliphatic carbocycles. The Balaban J connectivity index is 1.53. The van der Waals surface area contributed by atoms with E-state index in [0.29, 0.717) is 23.9 Å². The number of carbonyl (C=O) groups is 1. The normalized spacial score (nSPS) is 19.6. The Morgan fingerprint density at radius 3 is 3.14 bits per heavy atom. The van der Waals surface area contributed by atoms with Crippen molar-refractivity contribution in [3.63, 3.8) is 0 Å². The average molecular weight is 313 g/mol. The van der Waals surface area contributed by atoms with Crippen molar-refractivity contribution >= 4 is 17.5 Å². The van der Waals surface area contributed by atoms with Gasteiger partial charge in [0.05, 0.1) is 11.2 Å². The van der Waals surface area contributed by atoms with E-state index in [1.54, 1.807) is 17.1 Å². The summed E-state index contributed by atoms with van der Waals surface area (Å²) in [4.78, 5) is 14.2. The van der Waals surface area contributed by atoms with E-state index in [9.17, 15) is 4.79 Å². The molecule has 1 atom stereocenters. The first kappa shape index (κ1) is 16.3. The van der Waals surface area contributed by atoms with E-state index < -0.39 is 0 Å². The second-order valence-electron chi connectivity index (χ2n) is 5.93. The van der Waals surface area contributed by atoms with Crippen molar-refractivity contribution in [2.45, 2.75) is 38.6 Å². The minimum absolute atomic E-state index is 0.168. The average Bonchev–Trinajstić information content (AvgIpc) is 2.87. The van der Waals surface area contributed by atoms with Crippen LogP contribution in [0.15, 0.2) is 12.4 Å². The zero-order chi connectivity index (χ0) is 15.1. The number of rotatable bonds is 7. The molecule has 6 heteroatoms. The molecule has 5 nitrogen and oxygen atoms in total. The number of aryl methyl sites for hydroxylation is 1. The second-order valence-corrected chi connectivity index (χ2v) is 6.37. The molecule has 21 heavy (non-hydrogen) atoms. The molecule has 0 unspecified atom stereocenters. The number of carbonyl (C=O) groups excluding carboxylic acids is 1. The van der Waals surface area contributed by atoms with Gasteiger partial charge in [-0.1, -0.05) is 11.6 Å². The summed E-state index contributed by atoms with van der Waals surface area (Å²) in [5.74, 6) is 0.849. The van der Waals surface area contributed by atoms with E-state index in [1.165, 1.54) is 19.4 Å². The van der Waals surface area contributed by atoms with Crippen LogP contribution in [0.4, 0.5) is 0 Å². The summed E-state index contributed by atoms with van der Waals surface area (Å²) in [6.07, 6.45) is 8.46. The predicted molar refractivity (Wildman–Crippen MR) is 84.3 cm³/mol. The monoisotopic (exact) mass is 312 g/mol. The lowest BCUT2D eigenvalue weighted by Gasteiger charge is -2.29. The largest absolute Gasteiger partial charge is 0.356 e. The lowest BCUT2D eigenvalue weighted by atomic mass is 9.93. The summed E-state index contributed by atoms with van der Waals surface area (Å²) in [5.41, 5.74) is 0. The van der Waals surface area contributed by atoms with Gasteiger partial charge in [-0.2, -0.15) is 5.10 Å². The molecule has 0 aromatic carbocycles. The predicted octanol–water partition coefficient (Wildman–Crippen LogP) is 2.16. The molecule has 1 amide bonds. The van der Waals surface area contributed by atoms with E-state index in [1.807, 2.05) is 0 Å². The first-order valence-corrected chi connectivity index (χ1v) is 8.14. The van der Waals surface area contributed by atoms with Crippen LogP contribution >= 0.6 is 11.6 Å². The summed E-state index contributed by atoms with van der Waals surface area (Å²) in [5, 5.41) is 7.74. The van der Waals surface area contributed by atoms with E-state index in [-0.39, 0.29) is 5.91 Å². The summed E-state index contributed by atoms with van der Waals surface area (Å²) in [6, 6.07) is 0. The highest BCUT2D eigenvalue weighted by Crippen LogP contribution is 2.19. The molecule has 1 saturated heterocycles. The Morgan fingerprint density at radius 1 is 1.57 bits per heavy atom. The van der Waals surface area contributed by atoms with Gasteiger partial charge in [-0.05, 0) is 45.2 Å². The summed E-state index contributed by atoms with van der Waals surface area (Å²) >= 11 is 5.79. The molecular formula is C15H25ClN4O. The fourth-order valence-electron chi connectivity index (χ4n) is 2.86. The molecule has 0 spiro atoms. The van der Waals surface area contributed by atoms with Gasteiger partial charge in [0.15, 0.2) is 0 Å². The smallest absolute Gasteiger partial charge is 0.220 e. The van der Waals surface area contributed by atoms with Gasteiger partial charge >= 0.3 is 0 Å². The fourth-order valence-corrected chi connectivity index (χ4v) is 3.02. The molecule has 2 heterocycles. The van der Waals surface area contributed by atoms with Crippen LogP contribution in [0.3, 0.4) is 0 Å². The number of nitrogens with zero attached hydrogens (tertiary/aromatic N) is 3. The standard InChI is InChI=1S/C15H25ClN4O/c1-19-8-2-4-13(11-19)5-6-15(21)17-7-3-9-20-12-14(16)10-18-20/h10,12-13H,2-9,11H2,1H3,(H,17,21)/t13-/m0/s1. The molecule has 1 aliphatic rings. The molecule has 1 aromatic rings. The number of amides is 1. The number of halogens is 1. The summed E-state index contributed by atoms with van der Waals surface area (Å²) in [7, 11) is 2.16. The van der Waals surface area contributed by atoms with Crippen LogP contribution in [0.5, 0.6) is 0 Å². The molecule has 0 saturated carbocycles. The van der Waals surface area contributed by atoms with Gasteiger partial charge in [-0.3, -0.25) is 9.48 Å². The topological polar surface area (TPSA) is 50.2 Å². The summed E-state index contributed by atoms with van der Waals surface area (Å²) < 4.78 is 1.80. The lowest BCUT2D eigenvalue weighted by molar-refractivity contribution is -0.121. The Morgan fingerprint density at radius 2 is 2.43 bits per heavy atom. The minimum atomic E-state index is 0.168. The Bertz CT molecular complexity index is 449. The van der Waals surface area contributed by atoms with Gasteiger partial charge in [0.2, 0.25) is 5.91 Å². The Labute approximate surface area is 131 Å². The number of hydrogen-bond donors (Lipinski definition) is 1. The van der Waals surface area contributed by atoms with Crippen molar-refractivity contribution in [2.24, 2.45) is 5.92 Å². The van der Waals surface area contributed by atoms with Gasteiger partial charge < -0.3 is 10.2 Å². The Hall–Kier alpha value is -1.07. The highest BCUT2D eigenvalue weighted by Gasteiger charge is 2.17. The van der Waals surface area contributed by atoms with E-state index in [2.05, 4.69) is 22.4 Å². The van der Waals surface area contributed by atoms with Crippen molar-refractivity contribution in [1.82, 2.24) is 20.0 Å². The van der Waals surface area contributed by atoms with Gasteiger partial charge in [0.25, 0.3) is 0 Å². The van der Waals surface area contributed by atoms with Crippen molar-refractivity contribution in [3.05, 3.63) is 17.4 Å². The SMILES string of the molecule is CN1CCC[C@@H](CCC(=O)NCCCn2cc(Cl)cn2)C1. The second kappa shape index (κ2) is 8.39. The molecule has 0 radical (unpaired) electrons. The molecule has 118 valence electrons. The molecule has 2 rings (SSSR count). The third-order valence-electron chi connectivity index (χ3n) is 3.99. The first-order valence-electron chi connectivity index (χ1n) is 7.76. The van der Waals surface area contributed by atoms with Crippen LogP contribution in [0.2, 0.25) is 5.02 Å². The molecule has 1 aromatic heterocycles. The third kappa shape index (κ3) is 6.06. The van der Waals surface area contributed by atoms with Crippen molar-refractivity contribution in [2.75, 3.05) is 26.7 Å². The van der Waals surface area contributed by atoms with Crippen LogP contribution < -0.4 is 5.32 Å². The number of hydrogen-bond acceptors (Lipinski definition) is 3. The van der Waals surface area contributed by atoms with Crippen LogP contribution in [0.25, 0.3) is 0 Å². The molecule has 1 aliphatic heterocycles. The summed E-state index contributed by atoms with van der Waals surface area (Å²) in [6.45, 7) is 3.80. The lowest BCUT2D eigenvalue weighted by Crippen LogP contribution is -2.33. The highest BCUT2D eigenvalue weighted by atomic mass is 35.5. The van der Waals surface area contributed by atoms with Crippen molar-refractivity contribution in [3.8, 4) is 0 Å². The first-order chi connectivity index (χ1) is 10.1.